The van der Waals surface area contributed by atoms with Crippen LogP contribution in [0.25, 0.3) is 0 Å². The summed E-state index contributed by atoms with van der Waals surface area (Å²) in [5, 5.41) is 19.3. The van der Waals surface area contributed by atoms with Gasteiger partial charge in [0, 0.05) is 0 Å². The fourth-order valence-corrected chi connectivity index (χ4v) is 0.601. The van der Waals surface area contributed by atoms with Gasteiger partial charge in [0.25, 0.3) is 0 Å². The molecule has 0 heterocycles. The van der Waals surface area contributed by atoms with Gasteiger partial charge in [0.2, 0.25) is 5.91 Å². The minimum atomic E-state index is -1.58. The van der Waals surface area contributed by atoms with Gasteiger partial charge in [0.05, 0.1) is 12.6 Å². The number of carbonyl (C=O) groups is 2. The smallest absolute Gasteiger partial charge is 0.334 e. The molecule has 0 radical (unpaired) electrons. The van der Waals surface area contributed by atoms with Crippen molar-refractivity contribution in [2.24, 2.45) is 5.73 Å². The molecule has 0 aromatic heterocycles. The molecule has 0 saturated carbocycles. The molecule has 0 aromatic rings. The lowest BCUT2D eigenvalue weighted by molar-refractivity contribution is -0.146. The largest absolute Gasteiger partial charge is 0.479 e. The average Bonchev–Trinajstić information content (AvgIpc) is 2.11. The van der Waals surface area contributed by atoms with Crippen molar-refractivity contribution in [2.75, 3.05) is 6.54 Å². The van der Waals surface area contributed by atoms with E-state index in [1.165, 1.54) is 0 Å². The number of aliphatic carboxylic acids is 1. The maximum atomic E-state index is 11.0. The predicted molar refractivity (Wildman–Crippen MR) is 44.9 cm³/mol. The van der Waals surface area contributed by atoms with Crippen LogP contribution in [-0.4, -0.2) is 40.8 Å². The highest BCUT2D eigenvalue weighted by molar-refractivity contribution is 5.82. The lowest BCUT2D eigenvalue weighted by atomic mass is 10.2. The highest BCUT2D eigenvalue weighted by Crippen LogP contribution is 1.86. The molecule has 0 bridgehead atoms. The highest BCUT2D eigenvalue weighted by Gasteiger charge is 2.16. The molecular weight excluding hydrogens is 176 g/mol. The molecule has 0 fully saturated rings. The van der Waals surface area contributed by atoms with Gasteiger partial charge in [-0.25, -0.2) is 4.79 Å². The van der Waals surface area contributed by atoms with E-state index >= 15 is 0 Å². The van der Waals surface area contributed by atoms with Gasteiger partial charge in [-0.2, -0.15) is 0 Å². The van der Waals surface area contributed by atoms with Crippen LogP contribution < -0.4 is 11.1 Å². The van der Waals surface area contributed by atoms with Gasteiger partial charge in [0.15, 0.2) is 6.10 Å². The number of hydrogen-bond donors (Lipinski definition) is 4. The summed E-state index contributed by atoms with van der Waals surface area (Å²) in [7, 11) is 0. The quantitative estimate of drug-likeness (QED) is 0.412. The molecule has 6 nitrogen and oxygen atoms in total. The summed E-state index contributed by atoms with van der Waals surface area (Å²) in [5.74, 6) is -1.83. The van der Waals surface area contributed by atoms with E-state index in [1.54, 1.807) is 6.92 Å². The average molecular weight is 190 g/mol. The SMILES string of the molecule is CC[C@@H](N)C(=O)NC[C@H](O)C(=O)O. The van der Waals surface area contributed by atoms with Gasteiger partial charge in [-0.1, -0.05) is 6.92 Å². The Bertz CT molecular complexity index is 195. The topological polar surface area (TPSA) is 113 Å². The molecule has 0 rings (SSSR count). The highest BCUT2D eigenvalue weighted by atomic mass is 16.4. The van der Waals surface area contributed by atoms with Crippen molar-refractivity contribution < 1.29 is 19.8 Å². The molecule has 76 valence electrons. The van der Waals surface area contributed by atoms with Crippen molar-refractivity contribution in [3.8, 4) is 0 Å². The second-order valence-corrected chi connectivity index (χ2v) is 2.61. The number of amides is 1. The second-order valence-electron chi connectivity index (χ2n) is 2.61. The van der Waals surface area contributed by atoms with E-state index in [9.17, 15) is 9.59 Å². The van der Waals surface area contributed by atoms with Crippen molar-refractivity contribution >= 4 is 11.9 Å². The summed E-state index contributed by atoms with van der Waals surface area (Å²) in [5.41, 5.74) is 5.34. The van der Waals surface area contributed by atoms with E-state index in [-0.39, 0.29) is 6.54 Å². The number of aliphatic hydroxyl groups excluding tert-OH is 1. The van der Waals surface area contributed by atoms with Crippen molar-refractivity contribution in [1.82, 2.24) is 5.32 Å². The Morgan fingerprint density at radius 1 is 1.54 bits per heavy atom. The van der Waals surface area contributed by atoms with Crippen molar-refractivity contribution in [2.45, 2.75) is 25.5 Å². The maximum absolute atomic E-state index is 11.0. The number of carboxylic acids is 1. The van der Waals surface area contributed by atoms with Crippen LogP contribution in [0.2, 0.25) is 0 Å². The number of carboxylic acid groups (broad SMARTS) is 1. The first-order chi connectivity index (χ1) is 5.99. The molecule has 13 heavy (non-hydrogen) atoms. The predicted octanol–water partition coefficient (Wildman–Crippen LogP) is -1.71. The minimum Gasteiger partial charge on any atom is -0.479 e. The number of carbonyl (C=O) groups excluding carboxylic acids is 1. The molecule has 0 aliphatic heterocycles. The van der Waals surface area contributed by atoms with E-state index in [0.717, 1.165) is 0 Å². The molecule has 6 heteroatoms. The zero-order valence-electron chi connectivity index (χ0n) is 7.36. The van der Waals surface area contributed by atoms with Crippen LogP contribution in [0, 0.1) is 0 Å². The summed E-state index contributed by atoms with van der Waals surface area (Å²) in [4.78, 5) is 21.1. The number of nitrogens with two attached hydrogens (primary N) is 1. The van der Waals surface area contributed by atoms with E-state index in [0.29, 0.717) is 6.42 Å². The van der Waals surface area contributed by atoms with E-state index in [2.05, 4.69) is 5.32 Å². The Labute approximate surface area is 75.7 Å². The first-order valence-electron chi connectivity index (χ1n) is 3.93. The lowest BCUT2D eigenvalue weighted by Crippen LogP contribution is -2.44. The van der Waals surface area contributed by atoms with Crippen molar-refractivity contribution in [1.29, 1.82) is 0 Å². The van der Waals surface area contributed by atoms with Crippen molar-refractivity contribution in [3.05, 3.63) is 0 Å². The summed E-state index contributed by atoms with van der Waals surface area (Å²) in [6, 6.07) is -0.652. The summed E-state index contributed by atoms with van der Waals surface area (Å²) in [6.45, 7) is 1.42. The third-order valence-corrected chi connectivity index (χ3v) is 1.53. The van der Waals surface area contributed by atoms with Crippen LogP contribution in [0.3, 0.4) is 0 Å². The molecule has 0 unspecified atom stereocenters. The lowest BCUT2D eigenvalue weighted by Gasteiger charge is -2.11. The van der Waals surface area contributed by atoms with Crippen LogP contribution >= 0.6 is 0 Å². The van der Waals surface area contributed by atoms with E-state index in [1.807, 2.05) is 0 Å². The van der Waals surface area contributed by atoms with Crippen LogP contribution in [0.5, 0.6) is 0 Å². The maximum Gasteiger partial charge on any atom is 0.334 e. The van der Waals surface area contributed by atoms with Gasteiger partial charge >= 0.3 is 5.97 Å². The summed E-state index contributed by atoms with van der Waals surface area (Å²) < 4.78 is 0. The Hall–Kier alpha value is -1.14. The molecular formula is C7H14N2O4. The zero-order valence-corrected chi connectivity index (χ0v) is 7.36. The molecule has 0 aromatic carbocycles. The number of hydrogen-bond acceptors (Lipinski definition) is 4. The number of nitrogens with one attached hydrogen (secondary N) is 1. The third kappa shape index (κ3) is 4.44. The standard InChI is InChI=1S/C7H14N2O4/c1-2-4(8)6(11)9-3-5(10)7(12)13/h4-5,10H,2-3,8H2,1H3,(H,9,11)(H,12,13)/t4-,5+/m1/s1. The minimum absolute atomic E-state index is 0.318. The molecule has 2 atom stereocenters. The normalized spacial score (nSPS) is 14.7. The molecule has 1 amide bonds. The van der Waals surface area contributed by atoms with E-state index in [4.69, 9.17) is 15.9 Å². The van der Waals surface area contributed by atoms with Gasteiger partial charge in [0.1, 0.15) is 0 Å². The molecule has 0 aliphatic rings. The molecule has 0 aliphatic carbocycles. The Morgan fingerprint density at radius 3 is 2.46 bits per heavy atom. The molecule has 0 saturated heterocycles. The Balaban J connectivity index is 3.76. The van der Waals surface area contributed by atoms with Crippen LogP contribution in [0.4, 0.5) is 0 Å². The number of rotatable bonds is 5. The fourth-order valence-electron chi connectivity index (χ4n) is 0.601. The Kier molecular flexibility index (Phi) is 5.01. The molecule has 5 N–H and O–H groups in total. The van der Waals surface area contributed by atoms with Gasteiger partial charge in [-0.05, 0) is 6.42 Å². The monoisotopic (exact) mass is 190 g/mol. The van der Waals surface area contributed by atoms with Crippen LogP contribution in [-0.2, 0) is 9.59 Å². The fraction of sp³-hybridized carbons (Fsp3) is 0.714. The second kappa shape index (κ2) is 5.50. The van der Waals surface area contributed by atoms with Gasteiger partial charge in [-0.3, -0.25) is 4.79 Å². The van der Waals surface area contributed by atoms with Gasteiger partial charge < -0.3 is 21.3 Å². The summed E-state index contributed by atoms with van der Waals surface area (Å²) in [6.07, 6.45) is -1.11. The van der Waals surface area contributed by atoms with Crippen molar-refractivity contribution in [3.63, 3.8) is 0 Å². The first kappa shape index (κ1) is 11.9. The van der Waals surface area contributed by atoms with Crippen LogP contribution in [0.1, 0.15) is 13.3 Å². The van der Waals surface area contributed by atoms with Gasteiger partial charge in [-0.15, -0.1) is 0 Å². The number of aliphatic hydroxyl groups is 1. The summed E-state index contributed by atoms with van der Waals surface area (Å²) >= 11 is 0. The first-order valence-corrected chi connectivity index (χ1v) is 3.93. The zero-order chi connectivity index (χ0) is 10.4. The van der Waals surface area contributed by atoms with Crippen LogP contribution in [0.15, 0.2) is 0 Å². The third-order valence-electron chi connectivity index (χ3n) is 1.53. The van der Waals surface area contributed by atoms with E-state index < -0.39 is 24.0 Å². The Morgan fingerprint density at radius 2 is 2.08 bits per heavy atom. The molecule has 0 spiro atoms.